The van der Waals surface area contributed by atoms with Crippen molar-refractivity contribution in [2.24, 2.45) is 0 Å². The minimum atomic E-state index is -1.55. The van der Waals surface area contributed by atoms with Gasteiger partial charge in [0.15, 0.2) is 6.29 Å². The van der Waals surface area contributed by atoms with Gasteiger partial charge in [-0.2, -0.15) is 0 Å². The highest BCUT2D eigenvalue weighted by Gasteiger charge is 2.21. The Hall–Kier alpha value is -0.930. The molecule has 0 saturated carbocycles. The van der Waals surface area contributed by atoms with E-state index in [1.807, 2.05) is 0 Å². The van der Waals surface area contributed by atoms with E-state index in [9.17, 15) is 14.3 Å². The lowest BCUT2D eigenvalue weighted by Crippen LogP contribution is -2.29. The number of rotatable bonds is 3. The third kappa shape index (κ3) is 2.79. The SMILES string of the molecule is CC(O)(C=O)Cc1cc(Cl)ccc1F. The van der Waals surface area contributed by atoms with Crippen molar-refractivity contribution in [1.82, 2.24) is 0 Å². The summed E-state index contributed by atoms with van der Waals surface area (Å²) in [5.74, 6) is -0.475. The van der Waals surface area contributed by atoms with Crippen molar-refractivity contribution in [2.75, 3.05) is 0 Å². The molecule has 1 unspecified atom stereocenters. The molecule has 1 aromatic carbocycles. The second kappa shape index (κ2) is 4.07. The van der Waals surface area contributed by atoms with Crippen molar-refractivity contribution in [3.05, 3.63) is 34.6 Å². The van der Waals surface area contributed by atoms with E-state index in [4.69, 9.17) is 11.6 Å². The lowest BCUT2D eigenvalue weighted by Gasteiger charge is -2.15. The fourth-order valence-electron chi connectivity index (χ4n) is 1.11. The molecule has 14 heavy (non-hydrogen) atoms. The Bertz CT molecular complexity index is 350. The summed E-state index contributed by atoms with van der Waals surface area (Å²) in [4.78, 5) is 10.4. The molecule has 0 bridgehead atoms. The molecule has 1 atom stereocenters. The summed E-state index contributed by atoms with van der Waals surface area (Å²) in [5, 5.41) is 9.79. The highest BCUT2D eigenvalue weighted by Crippen LogP contribution is 2.19. The average Bonchev–Trinajstić information content (AvgIpc) is 2.11. The highest BCUT2D eigenvalue weighted by atomic mass is 35.5. The Labute approximate surface area is 86.3 Å². The van der Waals surface area contributed by atoms with Crippen molar-refractivity contribution >= 4 is 17.9 Å². The summed E-state index contributed by atoms with van der Waals surface area (Å²) in [6, 6.07) is 4.02. The van der Waals surface area contributed by atoms with Gasteiger partial charge in [-0.15, -0.1) is 0 Å². The monoisotopic (exact) mass is 216 g/mol. The molecule has 0 aliphatic heterocycles. The minimum Gasteiger partial charge on any atom is -0.382 e. The van der Waals surface area contributed by atoms with Crippen molar-refractivity contribution in [1.29, 1.82) is 0 Å². The van der Waals surface area contributed by atoms with Crippen LogP contribution in [0.15, 0.2) is 18.2 Å². The number of benzene rings is 1. The van der Waals surface area contributed by atoms with Gasteiger partial charge >= 0.3 is 0 Å². The first-order valence-corrected chi connectivity index (χ1v) is 4.45. The van der Waals surface area contributed by atoms with Crippen molar-refractivity contribution in [3.8, 4) is 0 Å². The second-order valence-electron chi connectivity index (χ2n) is 3.39. The first kappa shape index (κ1) is 11.1. The largest absolute Gasteiger partial charge is 0.382 e. The zero-order valence-corrected chi connectivity index (χ0v) is 8.38. The summed E-state index contributed by atoms with van der Waals surface area (Å²) in [6.07, 6.45) is 0.302. The molecule has 0 fully saturated rings. The number of hydrogen-bond donors (Lipinski definition) is 1. The van der Waals surface area contributed by atoms with E-state index in [2.05, 4.69) is 0 Å². The van der Waals surface area contributed by atoms with Crippen LogP contribution in [-0.2, 0) is 11.2 Å². The van der Waals surface area contributed by atoms with Crippen LogP contribution in [0.25, 0.3) is 0 Å². The van der Waals surface area contributed by atoms with Gasteiger partial charge in [0.25, 0.3) is 0 Å². The molecule has 1 N–H and O–H groups in total. The standard InChI is InChI=1S/C10H10ClFO2/c1-10(14,6-13)5-7-4-8(11)2-3-9(7)12/h2-4,6,14H,5H2,1H3. The molecule has 2 nitrogen and oxygen atoms in total. The van der Waals surface area contributed by atoms with Crippen LogP contribution in [0.2, 0.25) is 5.02 Å². The van der Waals surface area contributed by atoms with E-state index in [1.54, 1.807) is 0 Å². The Morgan fingerprint density at radius 1 is 1.64 bits per heavy atom. The van der Waals surface area contributed by atoms with E-state index >= 15 is 0 Å². The Morgan fingerprint density at radius 2 is 2.29 bits per heavy atom. The number of aldehydes is 1. The summed E-state index contributed by atoms with van der Waals surface area (Å²) in [7, 11) is 0. The zero-order chi connectivity index (χ0) is 10.8. The van der Waals surface area contributed by atoms with E-state index in [-0.39, 0.29) is 12.0 Å². The molecule has 0 saturated heterocycles. The maximum atomic E-state index is 13.2. The molecule has 4 heteroatoms. The smallest absolute Gasteiger partial charge is 0.151 e. The molecule has 0 radical (unpaired) electrons. The number of aliphatic hydroxyl groups is 1. The van der Waals surface area contributed by atoms with Crippen LogP contribution < -0.4 is 0 Å². The lowest BCUT2D eigenvalue weighted by atomic mass is 9.98. The summed E-state index contributed by atoms with van der Waals surface area (Å²) < 4.78 is 13.2. The number of hydrogen-bond acceptors (Lipinski definition) is 2. The predicted octanol–water partition coefficient (Wildman–Crippen LogP) is 1.97. The number of carbonyl (C=O) groups excluding carboxylic acids is 1. The van der Waals surface area contributed by atoms with E-state index in [0.717, 1.165) is 0 Å². The average molecular weight is 217 g/mol. The third-order valence-electron chi connectivity index (χ3n) is 1.81. The van der Waals surface area contributed by atoms with Crippen LogP contribution in [0.4, 0.5) is 4.39 Å². The highest BCUT2D eigenvalue weighted by molar-refractivity contribution is 6.30. The fraction of sp³-hybridized carbons (Fsp3) is 0.300. The van der Waals surface area contributed by atoms with Gasteiger partial charge in [0.2, 0.25) is 0 Å². The van der Waals surface area contributed by atoms with Crippen LogP contribution in [0.5, 0.6) is 0 Å². The molecule has 0 aliphatic rings. The molecule has 0 spiro atoms. The summed E-state index contributed by atoms with van der Waals surface area (Å²) >= 11 is 5.65. The molecular formula is C10H10ClFO2. The first-order chi connectivity index (χ1) is 6.44. The predicted molar refractivity (Wildman–Crippen MR) is 51.8 cm³/mol. The maximum Gasteiger partial charge on any atom is 0.151 e. The molecule has 1 aromatic rings. The van der Waals surface area contributed by atoms with E-state index in [0.29, 0.717) is 11.3 Å². The molecule has 0 aromatic heterocycles. The van der Waals surface area contributed by atoms with Gasteiger partial charge in [0, 0.05) is 11.4 Å². The van der Waals surface area contributed by atoms with E-state index < -0.39 is 11.4 Å². The van der Waals surface area contributed by atoms with Crippen LogP contribution in [0, 0.1) is 5.82 Å². The molecule has 0 heterocycles. The van der Waals surface area contributed by atoms with Crippen molar-refractivity contribution in [3.63, 3.8) is 0 Å². The topological polar surface area (TPSA) is 37.3 Å². The Balaban J connectivity index is 2.96. The number of carbonyl (C=O) groups is 1. The molecule has 1 rings (SSSR count). The van der Waals surface area contributed by atoms with Crippen LogP contribution in [0.1, 0.15) is 12.5 Å². The third-order valence-corrected chi connectivity index (χ3v) is 2.05. The van der Waals surface area contributed by atoms with Crippen molar-refractivity contribution in [2.45, 2.75) is 18.9 Å². The van der Waals surface area contributed by atoms with Crippen molar-refractivity contribution < 1.29 is 14.3 Å². The second-order valence-corrected chi connectivity index (χ2v) is 3.82. The van der Waals surface area contributed by atoms with Gasteiger partial charge in [-0.25, -0.2) is 4.39 Å². The Morgan fingerprint density at radius 3 is 2.86 bits per heavy atom. The maximum absolute atomic E-state index is 13.2. The lowest BCUT2D eigenvalue weighted by molar-refractivity contribution is -0.122. The van der Waals surface area contributed by atoms with Crippen LogP contribution in [-0.4, -0.2) is 17.0 Å². The van der Waals surface area contributed by atoms with Gasteiger partial charge in [0.1, 0.15) is 11.4 Å². The number of halogens is 2. The summed E-state index contributed by atoms with van der Waals surface area (Å²) in [6.45, 7) is 1.32. The van der Waals surface area contributed by atoms with Gasteiger partial charge in [-0.3, -0.25) is 0 Å². The minimum absolute atomic E-state index is 0.0805. The van der Waals surface area contributed by atoms with Gasteiger partial charge in [0.05, 0.1) is 0 Å². The molecular weight excluding hydrogens is 207 g/mol. The molecule has 76 valence electrons. The molecule has 0 amide bonds. The van der Waals surface area contributed by atoms with Gasteiger partial charge in [-0.05, 0) is 30.7 Å². The van der Waals surface area contributed by atoms with Crippen LogP contribution in [0.3, 0.4) is 0 Å². The quantitative estimate of drug-likeness (QED) is 0.785. The summed E-state index contributed by atoms with van der Waals surface area (Å²) in [5.41, 5.74) is -1.32. The zero-order valence-electron chi connectivity index (χ0n) is 7.63. The normalized spacial score (nSPS) is 14.9. The van der Waals surface area contributed by atoms with Gasteiger partial charge < -0.3 is 9.90 Å². The van der Waals surface area contributed by atoms with Crippen LogP contribution >= 0.6 is 11.6 Å². The van der Waals surface area contributed by atoms with E-state index in [1.165, 1.54) is 25.1 Å². The fourth-order valence-corrected chi connectivity index (χ4v) is 1.30. The molecule has 0 aliphatic carbocycles. The van der Waals surface area contributed by atoms with Gasteiger partial charge in [-0.1, -0.05) is 11.6 Å². The first-order valence-electron chi connectivity index (χ1n) is 4.07. The Kier molecular flexibility index (Phi) is 3.24.